The van der Waals surface area contributed by atoms with Crippen molar-refractivity contribution in [3.63, 3.8) is 0 Å². The number of hydrogen-bond donors (Lipinski definition) is 1. The molecule has 38 heavy (non-hydrogen) atoms. The lowest BCUT2D eigenvalue weighted by atomic mass is 10.1. The first-order valence-electron chi connectivity index (χ1n) is 12.5. The van der Waals surface area contributed by atoms with Crippen LogP contribution in [0.2, 0.25) is 5.02 Å². The fourth-order valence-electron chi connectivity index (χ4n) is 4.77. The van der Waals surface area contributed by atoms with Gasteiger partial charge >= 0.3 is 0 Å². The Kier molecular flexibility index (Phi) is 7.51. The van der Waals surface area contributed by atoms with Crippen molar-refractivity contribution < 1.29 is 13.2 Å². The summed E-state index contributed by atoms with van der Waals surface area (Å²) in [5.74, 6) is -0.408. The molecule has 0 spiro atoms. The van der Waals surface area contributed by atoms with Crippen LogP contribution in [-0.2, 0) is 27.8 Å². The van der Waals surface area contributed by atoms with E-state index in [2.05, 4.69) is 28.9 Å². The summed E-state index contributed by atoms with van der Waals surface area (Å²) in [5.41, 5.74) is 3.83. The monoisotopic (exact) mass is 545 g/mol. The molecule has 1 N–H and O–H groups in total. The summed E-state index contributed by atoms with van der Waals surface area (Å²) in [6.07, 6.45) is 0.476. The van der Waals surface area contributed by atoms with Gasteiger partial charge in [0.05, 0.1) is 11.4 Å². The highest BCUT2D eigenvalue weighted by atomic mass is 35.5. The molecule has 0 unspecified atom stereocenters. The summed E-state index contributed by atoms with van der Waals surface area (Å²) in [6, 6.07) is 29.6. The number of sulfonamides is 1. The molecular weight excluding hydrogens is 518 g/mol. The predicted molar refractivity (Wildman–Crippen MR) is 154 cm³/mol. The Labute approximate surface area is 227 Å². The van der Waals surface area contributed by atoms with Gasteiger partial charge in [-0.2, -0.15) is 4.31 Å². The third-order valence-electron chi connectivity index (χ3n) is 6.64. The van der Waals surface area contributed by atoms with E-state index in [1.165, 1.54) is 28.6 Å². The van der Waals surface area contributed by atoms with Gasteiger partial charge in [0, 0.05) is 45.6 Å². The number of anilines is 1. The van der Waals surface area contributed by atoms with Gasteiger partial charge in [0.25, 0.3) is 0 Å². The van der Waals surface area contributed by atoms with Crippen LogP contribution in [0.1, 0.15) is 12.5 Å². The van der Waals surface area contributed by atoms with Gasteiger partial charge in [0.1, 0.15) is 0 Å². The number of hydrogen-bond acceptors (Lipinski definition) is 3. The minimum atomic E-state index is -3.93. The largest absolute Gasteiger partial charge is 0.341 e. The zero-order chi connectivity index (χ0) is 26.7. The maximum atomic E-state index is 13.5. The lowest BCUT2D eigenvalue weighted by Crippen LogP contribution is -2.39. The Morgan fingerprint density at radius 1 is 0.868 bits per heavy atom. The zero-order valence-electron chi connectivity index (χ0n) is 21.0. The van der Waals surface area contributed by atoms with Crippen molar-refractivity contribution in [1.29, 1.82) is 0 Å². The van der Waals surface area contributed by atoms with Crippen LogP contribution in [0.25, 0.3) is 21.8 Å². The molecule has 6 nitrogen and oxygen atoms in total. The number of carbonyl (C=O) groups excluding carboxylic acids is 1. The van der Waals surface area contributed by atoms with Crippen molar-refractivity contribution in [2.45, 2.75) is 24.8 Å². The third kappa shape index (κ3) is 5.31. The molecular formula is C30H28ClN3O3S. The van der Waals surface area contributed by atoms with Gasteiger partial charge in [-0.25, -0.2) is 8.42 Å². The average Bonchev–Trinajstić information content (AvgIpc) is 3.24. The Balaban J connectivity index is 1.41. The second-order valence-corrected chi connectivity index (χ2v) is 11.4. The van der Waals surface area contributed by atoms with E-state index in [0.29, 0.717) is 17.1 Å². The van der Waals surface area contributed by atoms with E-state index >= 15 is 0 Å². The molecule has 0 aliphatic rings. The first kappa shape index (κ1) is 26.0. The Bertz CT molecular complexity index is 1700. The highest BCUT2D eigenvalue weighted by Gasteiger charge is 2.26. The Morgan fingerprint density at radius 2 is 1.55 bits per heavy atom. The molecule has 1 aromatic heterocycles. The summed E-state index contributed by atoms with van der Waals surface area (Å²) in [7, 11) is -3.93. The van der Waals surface area contributed by atoms with Crippen molar-refractivity contribution >= 4 is 55.0 Å². The standard InChI is InChI=1S/C30H28ClN3O3S/c1-2-34-28-11-7-6-10-26(28)27-20-24(14-17-29(27)34)32-30(35)21-33(19-18-22-8-4-3-5-9-22)38(36,37)25-15-12-23(31)13-16-25/h3-17,20H,2,18-19,21H2,1H3,(H,32,35). The van der Waals surface area contributed by atoms with Crippen molar-refractivity contribution in [2.75, 3.05) is 18.4 Å². The van der Waals surface area contributed by atoms with Gasteiger partial charge < -0.3 is 9.88 Å². The predicted octanol–water partition coefficient (Wildman–Crippen LogP) is 6.34. The lowest BCUT2D eigenvalue weighted by molar-refractivity contribution is -0.116. The highest BCUT2D eigenvalue weighted by molar-refractivity contribution is 7.89. The first-order chi connectivity index (χ1) is 18.4. The fraction of sp³-hybridized carbons (Fsp3) is 0.167. The molecule has 0 saturated carbocycles. The molecule has 0 saturated heterocycles. The van der Waals surface area contributed by atoms with E-state index in [9.17, 15) is 13.2 Å². The molecule has 1 amide bonds. The summed E-state index contributed by atoms with van der Waals surface area (Å²) in [6.45, 7) is 2.78. The van der Waals surface area contributed by atoms with Crippen molar-refractivity contribution in [3.8, 4) is 0 Å². The smallest absolute Gasteiger partial charge is 0.243 e. The molecule has 5 rings (SSSR count). The van der Waals surface area contributed by atoms with E-state index in [1.54, 1.807) is 0 Å². The quantitative estimate of drug-likeness (QED) is 0.235. The van der Waals surface area contributed by atoms with E-state index < -0.39 is 15.9 Å². The topological polar surface area (TPSA) is 71.4 Å². The maximum absolute atomic E-state index is 13.5. The molecule has 194 valence electrons. The number of para-hydroxylation sites is 1. The van der Waals surface area contributed by atoms with E-state index in [0.717, 1.165) is 33.9 Å². The minimum absolute atomic E-state index is 0.0940. The van der Waals surface area contributed by atoms with Crippen LogP contribution in [0.3, 0.4) is 0 Å². The minimum Gasteiger partial charge on any atom is -0.341 e. The summed E-state index contributed by atoms with van der Waals surface area (Å²) in [4.78, 5) is 13.3. The van der Waals surface area contributed by atoms with Crippen LogP contribution in [0.15, 0.2) is 102 Å². The number of halogens is 1. The van der Waals surface area contributed by atoms with Gasteiger partial charge in [-0.15, -0.1) is 0 Å². The number of carbonyl (C=O) groups is 1. The van der Waals surface area contributed by atoms with Crippen LogP contribution >= 0.6 is 11.6 Å². The van der Waals surface area contributed by atoms with Crippen LogP contribution in [0.5, 0.6) is 0 Å². The number of nitrogens with one attached hydrogen (secondary N) is 1. The molecule has 4 aromatic carbocycles. The maximum Gasteiger partial charge on any atom is 0.243 e. The number of aromatic nitrogens is 1. The first-order valence-corrected chi connectivity index (χ1v) is 14.3. The second kappa shape index (κ2) is 11.0. The molecule has 0 aliphatic heterocycles. The average molecular weight is 546 g/mol. The van der Waals surface area contributed by atoms with Gasteiger partial charge in [-0.3, -0.25) is 4.79 Å². The third-order valence-corrected chi connectivity index (χ3v) is 8.75. The number of amides is 1. The fourth-order valence-corrected chi connectivity index (χ4v) is 6.29. The van der Waals surface area contributed by atoms with E-state index in [4.69, 9.17) is 11.6 Å². The number of fused-ring (bicyclic) bond motifs is 3. The van der Waals surface area contributed by atoms with Crippen molar-refractivity contribution in [3.05, 3.63) is 108 Å². The van der Waals surface area contributed by atoms with Crippen molar-refractivity contribution in [2.24, 2.45) is 0 Å². The number of nitrogens with zero attached hydrogens (tertiary/aromatic N) is 2. The number of aryl methyl sites for hydroxylation is 1. The second-order valence-electron chi connectivity index (χ2n) is 9.07. The van der Waals surface area contributed by atoms with Crippen LogP contribution in [-0.4, -0.2) is 36.3 Å². The molecule has 0 fully saturated rings. The highest BCUT2D eigenvalue weighted by Crippen LogP contribution is 2.31. The summed E-state index contributed by atoms with van der Waals surface area (Å²) >= 11 is 5.97. The number of rotatable bonds is 9. The van der Waals surface area contributed by atoms with Crippen LogP contribution < -0.4 is 5.32 Å². The zero-order valence-corrected chi connectivity index (χ0v) is 22.5. The molecule has 0 radical (unpaired) electrons. The summed E-state index contributed by atoms with van der Waals surface area (Å²) in [5, 5.41) is 5.50. The van der Waals surface area contributed by atoms with Gasteiger partial charge in [0.15, 0.2) is 0 Å². The molecule has 8 heteroatoms. The lowest BCUT2D eigenvalue weighted by Gasteiger charge is -2.22. The van der Waals surface area contributed by atoms with E-state index in [-0.39, 0.29) is 18.0 Å². The van der Waals surface area contributed by atoms with Crippen LogP contribution in [0, 0.1) is 0 Å². The van der Waals surface area contributed by atoms with E-state index in [1.807, 2.05) is 60.7 Å². The SMILES string of the molecule is CCn1c2ccccc2c2cc(NC(=O)CN(CCc3ccccc3)S(=O)(=O)c3ccc(Cl)cc3)ccc21. The van der Waals surface area contributed by atoms with Crippen molar-refractivity contribution in [1.82, 2.24) is 8.87 Å². The molecule has 0 bridgehead atoms. The van der Waals surface area contributed by atoms with Gasteiger partial charge in [-0.05, 0) is 67.4 Å². The number of benzene rings is 4. The molecule has 5 aromatic rings. The summed E-state index contributed by atoms with van der Waals surface area (Å²) < 4.78 is 30.5. The van der Waals surface area contributed by atoms with Crippen LogP contribution in [0.4, 0.5) is 5.69 Å². The van der Waals surface area contributed by atoms with Gasteiger partial charge in [0.2, 0.25) is 15.9 Å². The van der Waals surface area contributed by atoms with Gasteiger partial charge in [-0.1, -0.05) is 60.1 Å². The molecule has 0 aliphatic carbocycles. The Hall–Kier alpha value is -3.65. The molecule has 1 heterocycles. The normalized spacial score (nSPS) is 11.9. The molecule has 0 atom stereocenters. The Morgan fingerprint density at radius 3 is 2.29 bits per heavy atom.